The van der Waals surface area contributed by atoms with Gasteiger partial charge in [0.05, 0.1) is 5.56 Å². The molecule has 1 aromatic carbocycles. The molecule has 1 heterocycles. The van der Waals surface area contributed by atoms with Gasteiger partial charge in [-0.25, -0.2) is 0 Å². The second-order valence-electron chi connectivity index (χ2n) is 4.64. The van der Waals surface area contributed by atoms with Gasteiger partial charge < -0.3 is 5.32 Å². The summed E-state index contributed by atoms with van der Waals surface area (Å²) in [4.78, 5) is 1.98. The van der Waals surface area contributed by atoms with Gasteiger partial charge in [-0.3, -0.25) is 0 Å². The fourth-order valence-corrected chi connectivity index (χ4v) is 3.81. The van der Waals surface area contributed by atoms with Gasteiger partial charge in [0.15, 0.2) is 0 Å². The molecule has 2 rings (SSSR count). The van der Waals surface area contributed by atoms with Crippen LogP contribution in [-0.2, 0) is 6.18 Å². The second kappa shape index (κ2) is 6.50. The minimum Gasteiger partial charge on any atom is -0.312 e. The minimum absolute atomic E-state index is 0.0668. The molecule has 0 saturated carbocycles. The zero-order chi connectivity index (χ0) is 15.6. The Bertz CT molecular complexity index is 618. The molecule has 0 aliphatic carbocycles. The zero-order valence-electron chi connectivity index (χ0n) is 11.6. The topological polar surface area (TPSA) is 12.0 Å². The number of hydrogen-bond donors (Lipinski definition) is 1. The van der Waals surface area contributed by atoms with Crippen molar-refractivity contribution in [2.45, 2.75) is 25.6 Å². The molecule has 2 aromatic rings. The molecule has 114 valence electrons. The highest BCUT2D eigenvalue weighted by Gasteiger charge is 2.33. The lowest BCUT2D eigenvalue weighted by molar-refractivity contribution is -0.138. The van der Waals surface area contributed by atoms with E-state index in [0.29, 0.717) is 5.56 Å². The molecule has 0 amide bonds. The summed E-state index contributed by atoms with van der Waals surface area (Å²) in [5, 5.41) is 3.20. The number of rotatable bonds is 4. The molecule has 1 unspecified atom stereocenters. The van der Waals surface area contributed by atoms with Crippen LogP contribution in [0, 0.1) is 0 Å². The van der Waals surface area contributed by atoms with Crippen LogP contribution in [0.15, 0.2) is 34.8 Å². The van der Waals surface area contributed by atoms with Crippen molar-refractivity contribution in [2.24, 2.45) is 0 Å². The number of nitrogens with one attached hydrogen (secondary N) is 1. The summed E-state index contributed by atoms with van der Waals surface area (Å²) in [5.74, 6) is 0. The fourth-order valence-electron chi connectivity index (χ4n) is 2.14. The lowest BCUT2D eigenvalue weighted by Gasteiger charge is -2.11. The molecule has 0 radical (unpaired) electrons. The molecular weight excluding hydrogens is 363 g/mol. The smallest absolute Gasteiger partial charge is 0.312 e. The van der Waals surface area contributed by atoms with E-state index >= 15 is 0 Å². The Morgan fingerprint density at radius 2 is 1.95 bits per heavy atom. The Balaban J connectivity index is 2.39. The van der Waals surface area contributed by atoms with E-state index < -0.39 is 11.7 Å². The molecule has 0 aliphatic heterocycles. The van der Waals surface area contributed by atoms with Gasteiger partial charge in [-0.15, -0.1) is 11.3 Å². The Morgan fingerprint density at radius 3 is 2.52 bits per heavy atom. The molecule has 0 aliphatic rings. The lowest BCUT2D eigenvalue weighted by Crippen LogP contribution is -2.13. The van der Waals surface area contributed by atoms with Gasteiger partial charge in [0, 0.05) is 20.3 Å². The number of halogens is 4. The van der Waals surface area contributed by atoms with E-state index in [-0.39, 0.29) is 10.5 Å². The van der Waals surface area contributed by atoms with Crippen molar-refractivity contribution >= 4 is 27.3 Å². The van der Waals surface area contributed by atoms with Gasteiger partial charge in [-0.1, -0.05) is 28.9 Å². The first kappa shape index (κ1) is 16.5. The van der Waals surface area contributed by atoms with Gasteiger partial charge >= 0.3 is 6.18 Å². The van der Waals surface area contributed by atoms with Gasteiger partial charge in [0.25, 0.3) is 0 Å². The first-order valence-corrected chi connectivity index (χ1v) is 8.12. The predicted octanol–water partition coefficient (Wildman–Crippen LogP) is 5.87. The maximum atomic E-state index is 13.0. The van der Waals surface area contributed by atoms with E-state index in [4.69, 9.17) is 0 Å². The molecule has 1 atom stereocenters. The van der Waals surface area contributed by atoms with E-state index in [1.807, 2.05) is 19.2 Å². The van der Waals surface area contributed by atoms with Crippen LogP contribution < -0.4 is 5.32 Å². The van der Waals surface area contributed by atoms with Crippen LogP contribution >= 0.6 is 27.3 Å². The summed E-state index contributed by atoms with van der Waals surface area (Å²) < 4.78 is 38.9. The monoisotopic (exact) mass is 377 g/mol. The number of thiophene rings is 1. The molecule has 0 bridgehead atoms. The van der Waals surface area contributed by atoms with Crippen molar-refractivity contribution in [1.29, 1.82) is 0 Å². The molecule has 0 spiro atoms. The first-order chi connectivity index (χ1) is 9.86. The largest absolute Gasteiger partial charge is 0.417 e. The summed E-state index contributed by atoms with van der Waals surface area (Å²) in [6.45, 7) is 2.07. The summed E-state index contributed by atoms with van der Waals surface area (Å²) >= 11 is 4.49. The number of alkyl halides is 3. The molecule has 0 fully saturated rings. The standard InChI is InChI=1S/C15H15BrF3NS/c1-3-12(20-2)14-7-6-13(21-14)9-4-5-11(16)10(8-9)15(17,18)19/h4-8,12,20H,3H2,1-2H3. The summed E-state index contributed by atoms with van der Waals surface area (Å²) in [5.41, 5.74) is -0.0525. The summed E-state index contributed by atoms with van der Waals surface area (Å²) in [7, 11) is 1.88. The molecule has 0 saturated heterocycles. The van der Waals surface area contributed by atoms with Gasteiger partial charge in [-0.05, 0) is 43.3 Å². The Kier molecular flexibility index (Phi) is 5.11. The van der Waals surface area contributed by atoms with Crippen LogP contribution in [0.1, 0.15) is 29.8 Å². The van der Waals surface area contributed by atoms with Gasteiger partial charge in [0.1, 0.15) is 0 Å². The van der Waals surface area contributed by atoms with Crippen molar-refractivity contribution < 1.29 is 13.2 Å². The first-order valence-electron chi connectivity index (χ1n) is 6.51. The molecule has 1 nitrogen and oxygen atoms in total. The average molecular weight is 378 g/mol. The summed E-state index contributed by atoms with van der Waals surface area (Å²) in [6.07, 6.45) is -3.42. The van der Waals surface area contributed by atoms with E-state index in [1.54, 1.807) is 6.07 Å². The number of benzene rings is 1. The zero-order valence-corrected chi connectivity index (χ0v) is 14.0. The van der Waals surface area contributed by atoms with Crippen molar-refractivity contribution in [2.75, 3.05) is 7.05 Å². The lowest BCUT2D eigenvalue weighted by atomic mass is 10.1. The number of hydrogen-bond acceptors (Lipinski definition) is 2. The van der Waals surface area contributed by atoms with Crippen LogP contribution in [0.25, 0.3) is 10.4 Å². The second-order valence-corrected chi connectivity index (χ2v) is 6.61. The Morgan fingerprint density at radius 1 is 1.24 bits per heavy atom. The van der Waals surface area contributed by atoms with Crippen molar-refractivity contribution in [1.82, 2.24) is 5.32 Å². The van der Waals surface area contributed by atoms with E-state index in [2.05, 4.69) is 28.2 Å². The van der Waals surface area contributed by atoms with Gasteiger partial charge in [-0.2, -0.15) is 13.2 Å². The van der Waals surface area contributed by atoms with Crippen LogP contribution in [0.2, 0.25) is 0 Å². The molecule has 1 N–H and O–H groups in total. The highest BCUT2D eigenvalue weighted by Crippen LogP contribution is 2.39. The van der Waals surface area contributed by atoms with E-state index in [0.717, 1.165) is 16.2 Å². The maximum Gasteiger partial charge on any atom is 0.417 e. The SMILES string of the molecule is CCC(NC)c1ccc(-c2ccc(Br)c(C(F)(F)F)c2)s1. The Labute approximate surface area is 134 Å². The highest BCUT2D eigenvalue weighted by atomic mass is 79.9. The van der Waals surface area contributed by atoms with E-state index in [9.17, 15) is 13.2 Å². The molecule has 6 heteroatoms. The fraction of sp³-hybridized carbons (Fsp3) is 0.333. The highest BCUT2D eigenvalue weighted by molar-refractivity contribution is 9.10. The quantitative estimate of drug-likeness (QED) is 0.702. The van der Waals surface area contributed by atoms with Crippen LogP contribution in [0.3, 0.4) is 0 Å². The average Bonchev–Trinajstić information content (AvgIpc) is 2.89. The van der Waals surface area contributed by atoms with Crippen LogP contribution in [0.4, 0.5) is 13.2 Å². The molecular formula is C15H15BrF3NS. The third-order valence-corrected chi connectivity index (χ3v) is 5.22. The van der Waals surface area contributed by atoms with Gasteiger partial charge in [0.2, 0.25) is 0 Å². The molecule has 21 heavy (non-hydrogen) atoms. The maximum absolute atomic E-state index is 13.0. The van der Waals surface area contributed by atoms with E-state index in [1.165, 1.54) is 23.5 Å². The van der Waals surface area contributed by atoms with Crippen molar-refractivity contribution in [3.05, 3.63) is 45.2 Å². The normalized spacial score (nSPS) is 13.4. The molecule has 1 aromatic heterocycles. The predicted molar refractivity (Wildman–Crippen MR) is 84.5 cm³/mol. The van der Waals surface area contributed by atoms with Crippen LogP contribution in [0.5, 0.6) is 0 Å². The minimum atomic E-state index is -4.36. The van der Waals surface area contributed by atoms with Crippen LogP contribution in [-0.4, -0.2) is 7.05 Å². The van der Waals surface area contributed by atoms with Crippen molar-refractivity contribution in [3.63, 3.8) is 0 Å². The third kappa shape index (κ3) is 3.67. The van der Waals surface area contributed by atoms with Crippen molar-refractivity contribution in [3.8, 4) is 10.4 Å². The Hall–Kier alpha value is -0.850. The third-order valence-electron chi connectivity index (χ3n) is 3.28. The summed E-state index contributed by atoms with van der Waals surface area (Å²) in [6, 6.07) is 8.44.